The molecule has 2 aliphatic rings. The van der Waals surface area contributed by atoms with Crippen molar-refractivity contribution in [1.82, 2.24) is 16.0 Å². The maximum Gasteiger partial charge on any atom is 0.145 e. The molecule has 2 unspecified atom stereocenters. The summed E-state index contributed by atoms with van der Waals surface area (Å²) in [6.07, 6.45) is 1.74. The van der Waals surface area contributed by atoms with E-state index >= 15 is 0 Å². The highest BCUT2D eigenvalue weighted by Crippen LogP contribution is 1.91. The van der Waals surface area contributed by atoms with Crippen molar-refractivity contribution in [2.24, 2.45) is 26.7 Å². The Morgan fingerprint density at radius 3 is 2.61 bits per heavy atom. The fourth-order valence-corrected chi connectivity index (χ4v) is 1.81. The van der Waals surface area contributed by atoms with Gasteiger partial charge in [-0.3, -0.25) is 4.99 Å². The second-order valence-electron chi connectivity index (χ2n) is 4.25. The molecule has 2 atom stereocenters. The number of rotatable bonds is 3. The number of piperazine rings is 1. The van der Waals surface area contributed by atoms with Crippen LogP contribution in [0, 0.1) is 0 Å². The highest BCUT2D eigenvalue weighted by atomic mass is 15.3. The normalized spacial score (nSPS) is 30.4. The molecule has 0 aromatic carbocycles. The lowest BCUT2D eigenvalue weighted by atomic mass is 10.2. The number of nitrogens with zero attached hydrogens (tertiary/aromatic N) is 3. The molecule has 1 saturated heterocycles. The quantitative estimate of drug-likeness (QED) is 0.211. The van der Waals surface area contributed by atoms with Crippen molar-refractivity contribution in [3.63, 3.8) is 0 Å². The molecule has 0 bridgehead atoms. The molecule has 0 amide bonds. The van der Waals surface area contributed by atoms with Crippen LogP contribution in [0.15, 0.2) is 15.2 Å². The molecule has 0 radical (unpaired) electrons. The third-order valence-corrected chi connectivity index (χ3v) is 2.86. The number of nitrogens with one attached hydrogen (secondary N) is 3. The molecule has 8 heteroatoms. The Bertz CT molecular complexity index is 355. The molecule has 0 aromatic heterocycles. The first kappa shape index (κ1) is 12.9. The van der Waals surface area contributed by atoms with Gasteiger partial charge in [-0.1, -0.05) is 0 Å². The lowest BCUT2D eigenvalue weighted by Crippen LogP contribution is -2.54. The van der Waals surface area contributed by atoms with E-state index < -0.39 is 0 Å². The van der Waals surface area contributed by atoms with E-state index in [1.165, 1.54) is 0 Å². The predicted octanol–water partition coefficient (Wildman–Crippen LogP) is -2.78. The second-order valence-corrected chi connectivity index (χ2v) is 4.25. The molecular weight excluding hydrogens is 232 g/mol. The lowest BCUT2D eigenvalue weighted by Gasteiger charge is -2.23. The van der Waals surface area contributed by atoms with Crippen molar-refractivity contribution in [3.8, 4) is 0 Å². The van der Waals surface area contributed by atoms with Gasteiger partial charge in [0.2, 0.25) is 0 Å². The van der Waals surface area contributed by atoms with Gasteiger partial charge in [0.1, 0.15) is 17.7 Å². The van der Waals surface area contributed by atoms with Crippen LogP contribution >= 0.6 is 0 Å². The zero-order chi connectivity index (χ0) is 12.8. The first-order chi connectivity index (χ1) is 8.77. The van der Waals surface area contributed by atoms with Crippen molar-refractivity contribution >= 4 is 17.9 Å². The number of amidine groups is 2. The van der Waals surface area contributed by atoms with E-state index in [9.17, 15) is 0 Å². The van der Waals surface area contributed by atoms with Crippen molar-refractivity contribution in [1.29, 1.82) is 0 Å². The van der Waals surface area contributed by atoms with Gasteiger partial charge in [-0.15, -0.1) is 10.2 Å². The minimum absolute atomic E-state index is 0.0169. The monoisotopic (exact) mass is 252 g/mol. The molecular formula is C10H20N8. The summed E-state index contributed by atoms with van der Waals surface area (Å²) >= 11 is 0. The molecule has 0 saturated carbocycles. The predicted molar refractivity (Wildman–Crippen MR) is 73.1 cm³/mol. The Morgan fingerprint density at radius 2 is 1.94 bits per heavy atom. The van der Waals surface area contributed by atoms with Gasteiger partial charge >= 0.3 is 0 Å². The summed E-state index contributed by atoms with van der Waals surface area (Å²) in [5.41, 5.74) is 11.7. The van der Waals surface area contributed by atoms with Gasteiger partial charge in [0, 0.05) is 32.4 Å². The molecule has 7 N–H and O–H groups in total. The molecule has 0 aromatic rings. The van der Waals surface area contributed by atoms with Crippen molar-refractivity contribution in [3.05, 3.63) is 0 Å². The van der Waals surface area contributed by atoms with Gasteiger partial charge in [0.25, 0.3) is 0 Å². The van der Waals surface area contributed by atoms with Crippen LogP contribution in [-0.2, 0) is 0 Å². The van der Waals surface area contributed by atoms with Gasteiger partial charge in [-0.2, -0.15) is 0 Å². The van der Waals surface area contributed by atoms with E-state index in [1.54, 1.807) is 6.21 Å². The molecule has 0 spiro atoms. The summed E-state index contributed by atoms with van der Waals surface area (Å²) in [5.74, 6) is 0.822. The summed E-state index contributed by atoms with van der Waals surface area (Å²) < 4.78 is 0. The minimum Gasteiger partial charge on any atom is -0.384 e. The average Bonchev–Trinajstić information content (AvgIpc) is 2.46. The first-order valence-corrected chi connectivity index (χ1v) is 6.11. The molecule has 1 fully saturated rings. The van der Waals surface area contributed by atoms with Crippen LogP contribution in [0.2, 0.25) is 0 Å². The molecule has 0 aliphatic carbocycles. The summed E-state index contributed by atoms with van der Waals surface area (Å²) in [6.45, 7) is 4.14. The largest absolute Gasteiger partial charge is 0.384 e. The van der Waals surface area contributed by atoms with Crippen molar-refractivity contribution < 1.29 is 0 Å². The highest BCUT2D eigenvalue weighted by molar-refractivity contribution is 6.00. The maximum atomic E-state index is 5.86. The van der Waals surface area contributed by atoms with Crippen LogP contribution in [0.3, 0.4) is 0 Å². The van der Waals surface area contributed by atoms with E-state index in [4.69, 9.17) is 11.5 Å². The smallest absolute Gasteiger partial charge is 0.145 e. The van der Waals surface area contributed by atoms with E-state index in [2.05, 4.69) is 31.1 Å². The minimum atomic E-state index is -0.146. The Labute approximate surface area is 106 Å². The van der Waals surface area contributed by atoms with Crippen LogP contribution in [0.1, 0.15) is 0 Å². The Hall–Kier alpha value is -1.51. The molecule has 2 aliphatic heterocycles. The summed E-state index contributed by atoms with van der Waals surface area (Å²) in [7, 11) is 0. The van der Waals surface area contributed by atoms with Crippen molar-refractivity contribution in [2.45, 2.75) is 12.1 Å². The number of hydrogen-bond acceptors (Lipinski definition) is 6. The lowest BCUT2D eigenvalue weighted by molar-refractivity contribution is 0.485. The summed E-state index contributed by atoms with van der Waals surface area (Å²) in [5, 5.41) is 17.6. The second kappa shape index (κ2) is 6.43. The SMILES string of the molecule is NC(=NN=C(N)C1CNCCN1)C1C=NCCN1. The Balaban J connectivity index is 1.94. The average molecular weight is 252 g/mol. The third kappa shape index (κ3) is 3.49. The van der Waals surface area contributed by atoms with E-state index in [-0.39, 0.29) is 12.1 Å². The zero-order valence-corrected chi connectivity index (χ0v) is 10.3. The maximum absolute atomic E-state index is 5.86. The Morgan fingerprint density at radius 1 is 1.11 bits per heavy atom. The van der Waals surface area contributed by atoms with Crippen LogP contribution in [0.5, 0.6) is 0 Å². The van der Waals surface area contributed by atoms with Crippen LogP contribution in [0.4, 0.5) is 0 Å². The highest BCUT2D eigenvalue weighted by Gasteiger charge is 2.16. The molecule has 100 valence electrons. The van der Waals surface area contributed by atoms with E-state index in [1.807, 2.05) is 0 Å². The first-order valence-electron chi connectivity index (χ1n) is 6.11. The van der Waals surface area contributed by atoms with Crippen molar-refractivity contribution in [2.75, 3.05) is 32.7 Å². The molecule has 18 heavy (non-hydrogen) atoms. The van der Waals surface area contributed by atoms with Gasteiger partial charge in [0.05, 0.1) is 12.6 Å². The fourth-order valence-electron chi connectivity index (χ4n) is 1.81. The summed E-state index contributed by atoms with van der Waals surface area (Å²) in [6, 6.07) is -0.129. The van der Waals surface area contributed by atoms with Gasteiger partial charge in [0.15, 0.2) is 0 Å². The van der Waals surface area contributed by atoms with Crippen LogP contribution < -0.4 is 27.4 Å². The number of aliphatic imine (C=N–C) groups is 1. The zero-order valence-electron chi connectivity index (χ0n) is 10.3. The van der Waals surface area contributed by atoms with Gasteiger partial charge in [-0.25, -0.2) is 0 Å². The van der Waals surface area contributed by atoms with Gasteiger partial charge in [-0.05, 0) is 0 Å². The molecule has 2 rings (SSSR count). The summed E-state index contributed by atoms with van der Waals surface area (Å²) in [4.78, 5) is 4.15. The van der Waals surface area contributed by atoms with E-state index in [0.717, 1.165) is 32.7 Å². The standard InChI is InChI=1S/C10H20N8/c11-9(7-5-13-1-3-15-7)17-18-10(12)8-6-14-2-4-16-8/h5,7-8,14-16H,1-4,6H2,(H2,11,17)(H2,12,18). The topological polar surface area (TPSA) is 125 Å². The van der Waals surface area contributed by atoms with Crippen LogP contribution in [-0.4, -0.2) is 62.7 Å². The molecule has 2 heterocycles. The van der Waals surface area contributed by atoms with Crippen LogP contribution in [0.25, 0.3) is 0 Å². The third-order valence-electron chi connectivity index (χ3n) is 2.86. The molecule has 8 nitrogen and oxygen atoms in total. The van der Waals surface area contributed by atoms with E-state index in [0.29, 0.717) is 11.7 Å². The van der Waals surface area contributed by atoms with Gasteiger partial charge < -0.3 is 27.4 Å². The number of hydrogen-bond donors (Lipinski definition) is 5. The fraction of sp³-hybridized carbons (Fsp3) is 0.700. The number of nitrogens with two attached hydrogens (primary N) is 2. The Kier molecular flexibility index (Phi) is 4.62.